The lowest BCUT2D eigenvalue weighted by atomic mass is 10.0. The smallest absolute Gasteiger partial charge is 0.272 e. The van der Waals surface area contributed by atoms with Crippen molar-refractivity contribution in [1.29, 1.82) is 0 Å². The van der Waals surface area contributed by atoms with Gasteiger partial charge in [0.25, 0.3) is 5.69 Å². The average Bonchev–Trinajstić information content (AvgIpc) is 2.89. The number of hydrogen-bond acceptors (Lipinski definition) is 4. The van der Waals surface area contributed by atoms with Crippen LogP contribution in [-0.4, -0.2) is 40.5 Å². The Hall–Kier alpha value is -1.95. The molecule has 6 heteroatoms. The third-order valence-corrected chi connectivity index (χ3v) is 3.85. The van der Waals surface area contributed by atoms with Crippen molar-refractivity contribution in [1.82, 2.24) is 4.90 Å². The lowest BCUT2D eigenvalue weighted by Crippen LogP contribution is -2.30. The zero-order valence-electron chi connectivity index (χ0n) is 11.4. The first kappa shape index (κ1) is 14.5. The van der Waals surface area contributed by atoms with Crippen LogP contribution in [0.3, 0.4) is 0 Å². The monoisotopic (exact) mass is 278 g/mol. The topological polar surface area (TPSA) is 83.7 Å². The molecule has 1 aromatic rings. The van der Waals surface area contributed by atoms with E-state index in [1.807, 2.05) is 0 Å². The van der Waals surface area contributed by atoms with Crippen molar-refractivity contribution in [3.63, 3.8) is 0 Å². The Morgan fingerprint density at radius 2 is 2.30 bits per heavy atom. The molecule has 0 unspecified atom stereocenters. The van der Waals surface area contributed by atoms with E-state index < -0.39 is 4.92 Å². The molecule has 6 nitrogen and oxygen atoms in total. The van der Waals surface area contributed by atoms with Gasteiger partial charge < -0.3 is 10.0 Å². The first-order valence-corrected chi connectivity index (χ1v) is 6.64. The van der Waals surface area contributed by atoms with Crippen molar-refractivity contribution in [3.8, 4) is 0 Å². The maximum absolute atomic E-state index is 12.2. The highest BCUT2D eigenvalue weighted by atomic mass is 16.6. The van der Waals surface area contributed by atoms with Gasteiger partial charge in [0, 0.05) is 37.2 Å². The summed E-state index contributed by atoms with van der Waals surface area (Å²) in [6.07, 6.45) is 0.988. The number of aliphatic hydroxyl groups is 1. The number of nitro groups is 1. The fourth-order valence-corrected chi connectivity index (χ4v) is 2.54. The SMILES string of the molecule is Cc1c(CC(=O)N2CC[C@H](CO)C2)cccc1[N+](=O)[O-]. The van der Waals surface area contributed by atoms with Crippen LogP contribution in [-0.2, 0) is 11.2 Å². The van der Waals surface area contributed by atoms with Crippen LogP contribution in [0.15, 0.2) is 18.2 Å². The van der Waals surface area contributed by atoms with Crippen LogP contribution < -0.4 is 0 Å². The molecule has 108 valence electrons. The summed E-state index contributed by atoms with van der Waals surface area (Å²) in [6.45, 7) is 2.99. The molecule has 0 saturated carbocycles. The molecule has 20 heavy (non-hydrogen) atoms. The van der Waals surface area contributed by atoms with Crippen LogP contribution in [0.1, 0.15) is 17.5 Å². The number of hydrogen-bond donors (Lipinski definition) is 1. The highest BCUT2D eigenvalue weighted by Crippen LogP contribution is 2.23. The zero-order valence-corrected chi connectivity index (χ0v) is 11.4. The Balaban J connectivity index is 2.09. The second-order valence-electron chi connectivity index (χ2n) is 5.17. The Labute approximate surface area is 117 Å². The van der Waals surface area contributed by atoms with Gasteiger partial charge in [-0.15, -0.1) is 0 Å². The molecule has 2 rings (SSSR count). The van der Waals surface area contributed by atoms with Gasteiger partial charge in [-0.05, 0) is 18.9 Å². The predicted molar refractivity (Wildman–Crippen MR) is 73.3 cm³/mol. The molecule has 1 atom stereocenters. The van der Waals surface area contributed by atoms with Crippen LogP contribution in [0.2, 0.25) is 0 Å². The minimum Gasteiger partial charge on any atom is -0.396 e. The Morgan fingerprint density at radius 3 is 2.90 bits per heavy atom. The molecule has 1 amide bonds. The van der Waals surface area contributed by atoms with Crippen LogP contribution in [0.5, 0.6) is 0 Å². The summed E-state index contributed by atoms with van der Waals surface area (Å²) in [7, 11) is 0. The van der Waals surface area contributed by atoms with E-state index in [1.54, 1.807) is 24.0 Å². The van der Waals surface area contributed by atoms with Gasteiger partial charge in [-0.25, -0.2) is 0 Å². The summed E-state index contributed by atoms with van der Waals surface area (Å²) in [5, 5.41) is 20.0. The van der Waals surface area contributed by atoms with Crippen LogP contribution in [0, 0.1) is 23.0 Å². The molecule has 1 aliphatic heterocycles. The van der Waals surface area contributed by atoms with Gasteiger partial charge in [0.15, 0.2) is 0 Å². The van der Waals surface area contributed by atoms with Gasteiger partial charge in [-0.1, -0.05) is 12.1 Å². The van der Waals surface area contributed by atoms with E-state index in [0.29, 0.717) is 24.2 Å². The van der Waals surface area contributed by atoms with Crippen LogP contribution in [0.4, 0.5) is 5.69 Å². The number of rotatable bonds is 4. The summed E-state index contributed by atoms with van der Waals surface area (Å²) in [6, 6.07) is 4.80. The number of benzene rings is 1. The number of carbonyl (C=O) groups is 1. The zero-order chi connectivity index (χ0) is 14.7. The highest BCUT2D eigenvalue weighted by molar-refractivity contribution is 5.79. The second kappa shape index (κ2) is 6.00. The van der Waals surface area contributed by atoms with E-state index >= 15 is 0 Å². The van der Waals surface area contributed by atoms with Gasteiger partial charge >= 0.3 is 0 Å². The predicted octanol–water partition coefficient (Wildman–Crippen LogP) is 1.29. The van der Waals surface area contributed by atoms with Gasteiger partial charge in [0.05, 0.1) is 11.3 Å². The summed E-state index contributed by atoms with van der Waals surface area (Å²) in [4.78, 5) is 24.4. The second-order valence-corrected chi connectivity index (χ2v) is 5.17. The lowest BCUT2D eigenvalue weighted by molar-refractivity contribution is -0.385. The van der Waals surface area contributed by atoms with E-state index in [9.17, 15) is 14.9 Å². The molecular weight excluding hydrogens is 260 g/mol. The molecule has 0 aromatic heterocycles. The number of nitro benzene ring substituents is 1. The minimum atomic E-state index is -0.430. The largest absolute Gasteiger partial charge is 0.396 e. The molecule has 1 saturated heterocycles. The maximum atomic E-state index is 12.2. The van der Waals surface area contributed by atoms with Crippen molar-refractivity contribution in [2.75, 3.05) is 19.7 Å². The fourth-order valence-electron chi connectivity index (χ4n) is 2.54. The Kier molecular flexibility index (Phi) is 4.34. The van der Waals surface area contributed by atoms with Crippen molar-refractivity contribution >= 4 is 11.6 Å². The average molecular weight is 278 g/mol. The molecule has 0 aliphatic carbocycles. The lowest BCUT2D eigenvalue weighted by Gasteiger charge is -2.16. The van der Waals surface area contributed by atoms with Gasteiger partial charge in [-0.2, -0.15) is 0 Å². The van der Waals surface area contributed by atoms with E-state index in [-0.39, 0.29) is 30.5 Å². The normalized spacial score (nSPS) is 18.3. The Morgan fingerprint density at radius 1 is 1.55 bits per heavy atom. The fraction of sp³-hybridized carbons (Fsp3) is 0.500. The van der Waals surface area contributed by atoms with E-state index in [1.165, 1.54) is 6.07 Å². The number of nitrogens with zero attached hydrogens (tertiary/aromatic N) is 2. The highest BCUT2D eigenvalue weighted by Gasteiger charge is 2.26. The molecule has 1 heterocycles. The molecule has 1 N–H and O–H groups in total. The van der Waals surface area contributed by atoms with Crippen molar-refractivity contribution in [2.45, 2.75) is 19.8 Å². The molecule has 1 aliphatic rings. The number of carbonyl (C=O) groups excluding carboxylic acids is 1. The molecule has 0 bridgehead atoms. The molecular formula is C14H18N2O4. The van der Waals surface area contributed by atoms with E-state index in [2.05, 4.69) is 0 Å². The maximum Gasteiger partial charge on any atom is 0.272 e. The number of likely N-dealkylation sites (tertiary alicyclic amines) is 1. The first-order chi connectivity index (χ1) is 9.52. The summed E-state index contributed by atoms with van der Waals surface area (Å²) >= 11 is 0. The first-order valence-electron chi connectivity index (χ1n) is 6.64. The summed E-state index contributed by atoms with van der Waals surface area (Å²) < 4.78 is 0. The van der Waals surface area contributed by atoms with Crippen molar-refractivity contribution in [3.05, 3.63) is 39.4 Å². The van der Waals surface area contributed by atoms with Gasteiger partial charge in [0.1, 0.15) is 0 Å². The summed E-state index contributed by atoms with van der Waals surface area (Å²) in [5.41, 5.74) is 1.28. The van der Waals surface area contributed by atoms with Crippen LogP contribution >= 0.6 is 0 Å². The van der Waals surface area contributed by atoms with Gasteiger partial charge in [0.2, 0.25) is 5.91 Å². The molecule has 0 spiro atoms. The Bertz CT molecular complexity index is 530. The van der Waals surface area contributed by atoms with Crippen molar-refractivity contribution in [2.24, 2.45) is 5.92 Å². The molecule has 1 aromatic carbocycles. The third-order valence-electron chi connectivity index (χ3n) is 3.85. The van der Waals surface area contributed by atoms with Crippen molar-refractivity contribution < 1.29 is 14.8 Å². The van der Waals surface area contributed by atoms with Crippen LogP contribution in [0.25, 0.3) is 0 Å². The minimum absolute atomic E-state index is 0.0375. The number of amides is 1. The summed E-state index contributed by atoms with van der Waals surface area (Å²) in [5.74, 6) is 0.120. The quantitative estimate of drug-likeness (QED) is 0.664. The number of aliphatic hydroxyl groups excluding tert-OH is 1. The van der Waals surface area contributed by atoms with E-state index in [0.717, 1.165) is 6.42 Å². The van der Waals surface area contributed by atoms with E-state index in [4.69, 9.17) is 5.11 Å². The standard InChI is InChI=1S/C14H18N2O4/c1-10-12(3-2-4-13(10)16(19)20)7-14(18)15-6-5-11(8-15)9-17/h2-4,11,17H,5-9H2,1H3/t11-/m0/s1. The molecule has 0 radical (unpaired) electrons. The molecule has 1 fully saturated rings. The van der Waals surface area contributed by atoms with Gasteiger partial charge in [-0.3, -0.25) is 14.9 Å². The third kappa shape index (κ3) is 2.96.